The zero-order valence-corrected chi connectivity index (χ0v) is 14.4. The van der Waals surface area contributed by atoms with Gasteiger partial charge in [-0.1, -0.05) is 60.7 Å². The van der Waals surface area contributed by atoms with Crippen LogP contribution in [0.4, 0.5) is 4.39 Å². The number of hydrogen-bond acceptors (Lipinski definition) is 2. The van der Waals surface area contributed by atoms with E-state index in [2.05, 4.69) is 0 Å². The third-order valence-electron chi connectivity index (χ3n) is 5.54. The van der Waals surface area contributed by atoms with Gasteiger partial charge >= 0.3 is 0 Å². The first-order chi connectivity index (χ1) is 12.7. The molecule has 0 radical (unpaired) electrons. The number of carbonyl (C=O) groups is 1. The minimum atomic E-state index is -1.11. The third kappa shape index (κ3) is 1.88. The number of amides is 1. The number of methoxy groups -OCH3 is 1. The van der Waals surface area contributed by atoms with E-state index in [1.165, 1.54) is 0 Å². The van der Waals surface area contributed by atoms with Crippen LogP contribution >= 0.6 is 0 Å². The van der Waals surface area contributed by atoms with Gasteiger partial charge in [-0.25, -0.2) is 4.39 Å². The molecule has 1 fully saturated rings. The van der Waals surface area contributed by atoms with E-state index in [-0.39, 0.29) is 5.91 Å². The molecule has 1 aliphatic heterocycles. The van der Waals surface area contributed by atoms with E-state index < -0.39 is 17.9 Å². The Morgan fingerprint density at radius 3 is 2.42 bits per heavy atom. The molecule has 26 heavy (non-hydrogen) atoms. The SMILES string of the molecule is COC1(c2cccc3ccccc23)c2ccccc2C(=O)N1[C@@H]1C[C@@H]1F. The smallest absolute Gasteiger partial charge is 0.257 e. The predicted octanol–water partition coefficient (Wildman–Crippen LogP) is 4.25. The lowest BCUT2D eigenvalue weighted by molar-refractivity contribution is -0.0875. The second-order valence-corrected chi connectivity index (χ2v) is 6.91. The van der Waals surface area contributed by atoms with E-state index in [0.29, 0.717) is 12.0 Å². The van der Waals surface area contributed by atoms with Crippen molar-refractivity contribution in [1.82, 2.24) is 4.90 Å². The van der Waals surface area contributed by atoms with Crippen LogP contribution in [0.25, 0.3) is 10.8 Å². The molecule has 0 saturated heterocycles. The molecular weight excluding hydrogens is 329 g/mol. The van der Waals surface area contributed by atoms with Crippen molar-refractivity contribution in [2.75, 3.05) is 7.11 Å². The number of benzene rings is 3. The van der Waals surface area contributed by atoms with E-state index in [0.717, 1.165) is 21.9 Å². The number of carbonyl (C=O) groups excluding carboxylic acids is 1. The molecule has 2 aliphatic rings. The number of ether oxygens (including phenoxy) is 1. The quantitative estimate of drug-likeness (QED) is 0.709. The minimum Gasteiger partial charge on any atom is -0.350 e. The molecule has 1 aliphatic carbocycles. The Balaban J connectivity index is 1.86. The van der Waals surface area contributed by atoms with Gasteiger partial charge in [0.15, 0.2) is 5.72 Å². The van der Waals surface area contributed by atoms with Gasteiger partial charge < -0.3 is 4.74 Å². The summed E-state index contributed by atoms with van der Waals surface area (Å²) in [4.78, 5) is 14.8. The number of fused-ring (bicyclic) bond motifs is 2. The summed E-state index contributed by atoms with van der Waals surface area (Å²) in [5.74, 6) is -0.166. The molecule has 0 bridgehead atoms. The molecule has 1 saturated carbocycles. The van der Waals surface area contributed by atoms with E-state index in [1.807, 2.05) is 60.7 Å². The first-order valence-electron chi connectivity index (χ1n) is 8.79. The van der Waals surface area contributed by atoms with Gasteiger partial charge in [0.2, 0.25) is 0 Å². The number of hydrogen-bond donors (Lipinski definition) is 0. The lowest BCUT2D eigenvalue weighted by Gasteiger charge is -2.39. The Hall–Kier alpha value is -2.72. The van der Waals surface area contributed by atoms with Crippen molar-refractivity contribution in [2.24, 2.45) is 0 Å². The van der Waals surface area contributed by atoms with Crippen molar-refractivity contribution < 1.29 is 13.9 Å². The summed E-state index contributed by atoms with van der Waals surface area (Å²) in [6.07, 6.45) is -0.645. The van der Waals surface area contributed by atoms with Crippen LogP contribution in [0.1, 0.15) is 27.9 Å². The first-order valence-corrected chi connectivity index (χ1v) is 8.79. The summed E-state index contributed by atoms with van der Waals surface area (Å²) in [7, 11) is 1.60. The van der Waals surface area contributed by atoms with Crippen LogP contribution < -0.4 is 0 Å². The zero-order chi connectivity index (χ0) is 17.9. The van der Waals surface area contributed by atoms with Crippen LogP contribution in [-0.2, 0) is 10.5 Å². The Kier molecular flexibility index (Phi) is 3.22. The summed E-state index contributed by atoms with van der Waals surface area (Å²) >= 11 is 0. The maximum atomic E-state index is 14.1. The number of rotatable bonds is 3. The molecule has 3 aromatic rings. The highest BCUT2D eigenvalue weighted by Crippen LogP contribution is 2.51. The highest BCUT2D eigenvalue weighted by molar-refractivity contribution is 6.02. The summed E-state index contributed by atoms with van der Waals surface area (Å²) in [6.45, 7) is 0. The maximum Gasteiger partial charge on any atom is 0.257 e. The monoisotopic (exact) mass is 347 g/mol. The van der Waals surface area contributed by atoms with Gasteiger partial charge in [-0.15, -0.1) is 0 Å². The minimum absolute atomic E-state index is 0.166. The molecule has 1 unspecified atom stereocenters. The van der Waals surface area contributed by atoms with Crippen molar-refractivity contribution >= 4 is 16.7 Å². The fourth-order valence-electron chi connectivity index (χ4n) is 4.29. The van der Waals surface area contributed by atoms with Gasteiger partial charge in [0.25, 0.3) is 5.91 Å². The Labute approximate surface area is 151 Å². The van der Waals surface area contributed by atoms with Gasteiger partial charge in [0.05, 0.1) is 6.04 Å². The predicted molar refractivity (Wildman–Crippen MR) is 97.6 cm³/mol. The normalized spacial score (nSPS) is 27.0. The van der Waals surface area contributed by atoms with Crippen LogP contribution in [0.3, 0.4) is 0 Å². The van der Waals surface area contributed by atoms with Crippen LogP contribution in [0, 0.1) is 0 Å². The molecule has 130 valence electrons. The Bertz CT molecular complexity index is 1030. The molecule has 0 spiro atoms. The average Bonchev–Trinajstić information content (AvgIpc) is 3.34. The summed E-state index contributed by atoms with van der Waals surface area (Å²) in [6, 6.07) is 21.0. The fourth-order valence-corrected chi connectivity index (χ4v) is 4.29. The van der Waals surface area contributed by atoms with Gasteiger partial charge in [-0.2, -0.15) is 0 Å². The second-order valence-electron chi connectivity index (χ2n) is 6.91. The average molecular weight is 347 g/mol. The standard InChI is InChI=1S/C22H18FNO2/c1-26-22(17-12-6-8-14-7-2-3-9-15(14)17)18-11-5-4-10-16(18)21(25)24(22)20-13-19(20)23/h2-12,19-20H,13H2,1H3/t19-,20+,22?/m0/s1. The molecule has 0 aromatic heterocycles. The van der Waals surface area contributed by atoms with Crippen LogP contribution in [0.15, 0.2) is 66.7 Å². The topological polar surface area (TPSA) is 29.5 Å². The second kappa shape index (κ2) is 5.39. The van der Waals surface area contributed by atoms with Crippen molar-refractivity contribution in [1.29, 1.82) is 0 Å². The van der Waals surface area contributed by atoms with Crippen molar-refractivity contribution in [3.05, 3.63) is 83.4 Å². The highest BCUT2D eigenvalue weighted by Gasteiger charge is 2.60. The number of nitrogens with zero attached hydrogens (tertiary/aromatic N) is 1. The molecule has 3 nitrogen and oxygen atoms in total. The molecule has 0 N–H and O–H groups in total. The van der Waals surface area contributed by atoms with E-state index >= 15 is 0 Å². The fraction of sp³-hybridized carbons (Fsp3) is 0.227. The lowest BCUT2D eigenvalue weighted by atomic mass is 9.89. The van der Waals surface area contributed by atoms with E-state index in [1.54, 1.807) is 18.1 Å². The van der Waals surface area contributed by atoms with Crippen LogP contribution in [0.5, 0.6) is 0 Å². The third-order valence-corrected chi connectivity index (χ3v) is 5.54. The summed E-state index contributed by atoms with van der Waals surface area (Å²) in [5, 5.41) is 2.06. The van der Waals surface area contributed by atoms with Gasteiger partial charge in [-0.05, 0) is 16.8 Å². The summed E-state index contributed by atoms with van der Waals surface area (Å²) in [5.41, 5.74) is 1.12. The van der Waals surface area contributed by atoms with Gasteiger partial charge in [0, 0.05) is 30.2 Å². The number of halogens is 1. The van der Waals surface area contributed by atoms with E-state index in [9.17, 15) is 9.18 Å². The van der Waals surface area contributed by atoms with Crippen LogP contribution in [0.2, 0.25) is 0 Å². The summed E-state index contributed by atoms with van der Waals surface area (Å²) < 4.78 is 20.2. The lowest BCUT2D eigenvalue weighted by Crippen LogP contribution is -2.48. The van der Waals surface area contributed by atoms with Crippen molar-refractivity contribution in [3.63, 3.8) is 0 Å². The van der Waals surface area contributed by atoms with Gasteiger partial charge in [-0.3, -0.25) is 9.69 Å². The molecular formula is C22H18FNO2. The first kappa shape index (κ1) is 15.5. The van der Waals surface area contributed by atoms with Gasteiger partial charge in [0.1, 0.15) is 6.17 Å². The maximum absolute atomic E-state index is 14.1. The molecule has 1 heterocycles. The van der Waals surface area contributed by atoms with Crippen molar-refractivity contribution in [3.8, 4) is 0 Å². The Morgan fingerprint density at radius 1 is 1.00 bits per heavy atom. The molecule has 5 rings (SSSR count). The number of alkyl halides is 1. The Morgan fingerprint density at radius 2 is 1.65 bits per heavy atom. The molecule has 3 aromatic carbocycles. The van der Waals surface area contributed by atoms with Crippen molar-refractivity contribution in [2.45, 2.75) is 24.4 Å². The highest BCUT2D eigenvalue weighted by atomic mass is 19.1. The molecule has 3 atom stereocenters. The molecule has 4 heteroatoms. The van der Waals surface area contributed by atoms with Crippen LogP contribution in [-0.4, -0.2) is 30.1 Å². The zero-order valence-electron chi connectivity index (χ0n) is 14.4. The van der Waals surface area contributed by atoms with E-state index in [4.69, 9.17) is 4.74 Å². The largest absolute Gasteiger partial charge is 0.350 e. The molecule has 1 amide bonds.